The molecule has 0 saturated carbocycles. The number of nitrogens with zero attached hydrogens (tertiary/aromatic N) is 1. The summed E-state index contributed by atoms with van der Waals surface area (Å²) in [4.78, 5) is 32.5. The van der Waals surface area contributed by atoms with Crippen molar-refractivity contribution in [2.75, 3.05) is 6.54 Å². The summed E-state index contributed by atoms with van der Waals surface area (Å²) in [6, 6.07) is -1.12. The fourth-order valence-electron chi connectivity index (χ4n) is 1.92. The van der Waals surface area contributed by atoms with Crippen molar-refractivity contribution in [2.45, 2.75) is 25.8 Å². The minimum absolute atomic E-state index is 0.115. The number of halogens is 1. The molecule has 1 amide bonds. The first-order valence-corrected chi connectivity index (χ1v) is 9.32. The molecule has 0 fully saturated rings. The Balaban J connectivity index is 3.02. The van der Waals surface area contributed by atoms with Crippen LogP contribution in [0.2, 0.25) is 0 Å². The molecule has 0 saturated heterocycles. The van der Waals surface area contributed by atoms with Crippen molar-refractivity contribution in [1.82, 2.24) is 10.0 Å². The van der Waals surface area contributed by atoms with Crippen LogP contribution in [0.25, 0.3) is 0 Å². The number of aldehydes is 1. The lowest BCUT2D eigenvalue weighted by Crippen LogP contribution is -2.47. The van der Waals surface area contributed by atoms with E-state index in [1.165, 1.54) is 12.2 Å². The van der Waals surface area contributed by atoms with E-state index in [0.717, 1.165) is 6.08 Å². The zero-order valence-corrected chi connectivity index (χ0v) is 15.5. The number of sulfonamides is 1. The van der Waals surface area contributed by atoms with E-state index in [1.807, 2.05) is 0 Å². The van der Waals surface area contributed by atoms with Crippen LogP contribution < -0.4 is 10.0 Å². The lowest BCUT2D eigenvalue weighted by atomic mass is 10.2. The van der Waals surface area contributed by atoms with Crippen molar-refractivity contribution in [1.29, 1.82) is 0 Å². The Morgan fingerprint density at radius 2 is 2.19 bits per heavy atom. The van der Waals surface area contributed by atoms with Gasteiger partial charge in [0.15, 0.2) is 0 Å². The highest BCUT2D eigenvalue weighted by Crippen LogP contribution is 2.24. The number of allylic oxidation sites excluding steroid dienone is 5. The van der Waals surface area contributed by atoms with Gasteiger partial charge in [0.2, 0.25) is 15.9 Å². The molecule has 1 rings (SSSR count). The molecule has 1 aliphatic rings. The van der Waals surface area contributed by atoms with Gasteiger partial charge in [-0.25, -0.2) is 8.42 Å². The van der Waals surface area contributed by atoms with Crippen molar-refractivity contribution >= 4 is 33.8 Å². The molecule has 26 heavy (non-hydrogen) atoms. The second kappa shape index (κ2) is 9.41. The lowest BCUT2D eigenvalue weighted by Gasteiger charge is -2.17. The fourth-order valence-corrected chi connectivity index (χ4v) is 3.52. The van der Waals surface area contributed by atoms with Crippen LogP contribution in [0.5, 0.6) is 0 Å². The quantitative estimate of drug-likeness (QED) is 0.256. The molecule has 0 aromatic rings. The summed E-state index contributed by atoms with van der Waals surface area (Å²) < 4.78 is 27.3. The summed E-state index contributed by atoms with van der Waals surface area (Å²) in [5, 5.41) is 13.2. The number of carbonyl (C=O) groups is 2. The Kier molecular flexibility index (Phi) is 7.87. The number of hydrogen-bond acceptors (Lipinski definition) is 6. The van der Waals surface area contributed by atoms with Gasteiger partial charge in [-0.3, -0.25) is 19.7 Å². The van der Waals surface area contributed by atoms with E-state index in [2.05, 4.69) is 16.6 Å². The number of carbonyl (C=O) groups excluding carboxylic acids is 2. The maximum Gasteiger partial charge on any atom is 0.288 e. The van der Waals surface area contributed by atoms with E-state index in [1.54, 1.807) is 6.92 Å². The smallest absolute Gasteiger partial charge is 0.288 e. The molecule has 0 aromatic heterocycles. The van der Waals surface area contributed by atoms with Gasteiger partial charge in [0.1, 0.15) is 17.4 Å². The van der Waals surface area contributed by atoms with Gasteiger partial charge in [0, 0.05) is 24.6 Å². The molecule has 0 aliphatic heterocycles. The predicted octanol–water partition coefficient (Wildman–Crippen LogP) is 1.13. The first kappa shape index (κ1) is 21.7. The van der Waals surface area contributed by atoms with Gasteiger partial charge in [-0.1, -0.05) is 31.2 Å². The van der Waals surface area contributed by atoms with Gasteiger partial charge in [0.25, 0.3) is 5.70 Å². The van der Waals surface area contributed by atoms with Gasteiger partial charge in [-0.2, -0.15) is 4.72 Å². The van der Waals surface area contributed by atoms with E-state index in [4.69, 9.17) is 11.6 Å². The van der Waals surface area contributed by atoms with E-state index in [-0.39, 0.29) is 34.9 Å². The Morgan fingerprint density at radius 3 is 2.73 bits per heavy atom. The Bertz CT molecular complexity index is 813. The molecule has 11 heteroatoms. The van der Waals surface area contributed by atoms with E-state index >= 15 is 0 Å². The molecule has 9 nitrogen and oxygen atoms in total. The number of hydrogen-bond donors (Lipinski definition) is 2. The summed E-state index contributed by atoms with van der Waals surface area (Å²) in [6.07, 6.45) is 3.96. The van der Waals surface area contributed by atoms with Crippen molar-refractivity contribution < 1.29 is 22.9 Å². The van der Waals surface area contributed by atoms with E-state index < -0.39 is 32.6 Å². The average molecular weight is 404 g/mol. The largest absolute Gasteiger partial charge is 0.351 e. The van der Waals surface area contributed by atoms with Crippen LogP contribution in [0.3, 0.4) is 0 Å². The molecule has 0 aromatic carbocycles. The highest BCUT2D eigenvalue weighted by Gasteiger charge is 2.28. The summed E-state index contributed by atoms with van der Waals surface area (Å²) in [5.41, 5.74) is -0.427. The molecule has 0 radical (unpaired) electrons. The van der Waals surface area contributed by atoms with Crippen molar-refractivity contribution in [2.24, 2.45) is 0 Å². The molecular weight excluding hydrogens is 386 g/mol. The van der Waals surface area contributed by atoms with Crippen LogP contribution in [0, 0.1) is 10.1 Å². The van der Waals surface area contributed by atoms with E-state index in [0.29, 0.717) is 6.29 Å². The maximum absolute atomic E-state index is 12.5. The van der Waals surface area contributed by atoms with Crippen LogP contribution in [-0.4, -0.2) is 38.1 Å². The van der Waals surface area contributed by atoms with Crippen LogP contribution in [0.1, 0.15) is 19.8 Å². The number of rotatable bonds is 9. The summed E-state index contributed by atoms with van der Waals surface area (Å²) in [5.74, 6) is -0.646. The zero-order chi connectivity index (χ0) is 19.9. The third-order valence-corrected chi connectivity index (χ3v) is 5.24. The fraction of sp³-hybridized carbons (Fsp3) is 0.333. The summed E-state index contributed by atoms with van der Waals surface area (Å²) in [7, 11) is -4.19. The second-order valence-corrected chi connectivity index (χ2v) is 7.46. The standard InChI is InChI=1S/C15H18ClN3O6S/c1-3-13(15(21)17-8-10(2)9-20)18-26(24,25)11-5-4-6-12(16)14(7-11)19(22)23/h4,6-7,9,13,18H,2-3,5,8H2,1H3,(H,17,21). The third-order valence-electron chi connectivity index (χ3n) is 3.35. The third kappa shape index (κ3) is 5.90. The van der Waals surface area contributed by atoms with Crippen molar-refractivity contribution in [3.8, 4) is 0 Å². The van der Waals surface area contributed by atoms with Crippen LogP contribution in [-0.2, 0) is 19.6 Å². The molecule has 1 unspecified atom stereocenters. The Hall–Kier alpha value is -2.30. The molecular formula is C15H18ClN3O6S. The maximum atomic E-state index is 12.5. The molecule has 0 spiro atoms. The Labute approximate surface area is 155 Å². The number of nitrogens with one attached hydrogen (secondary N) is 2. The first-order chi connectivity index (χ1) is 12.1. The molecule has 142 valence electrons. The zero-order valence-electron chi connectivity index (χ0n) is 13.9. The van der Waals surface area contributed by atoms with Gasteiger partial charge < -0.3 is 5.32 Å². The van der Waals surface area contributed by atoms with Gasteiger partial charge in [-0.15, -0.1) is 0 Å². The van der Waals surface area contributed by atoms with Crippen molar-refractivity contribution in [3.63, 3.8) is 0 Å². The first-order valence-electron chi connectivity index (χ1n) is 7.46. The minimum atomic E-state index is -4.19. The van der Waals surface area contributed by atoms with Gasteiger partial charge in [-0.05, 0) is 12.5 Å². The SMILES string of the molecule is C=C(C=O)CNC(=O)C(CC)NS(=O)(=O)C1=CC([N+](=O)[O-])=C(Cl)C=CC1. The Morgan fingerprint density at radius 1 is 1.54 bits per heavy atom. The number of amides is 1. The summed E-state index contributed by atoms with van der Waals surface area (Å²) >= 11 is 5.76. The average Bonchev–Trinajstić information content (AvgIpc) is 2.79. The molecule has 1 atom stereocenters. The minimum Gasteiger partial charge on any atom is -0.351 e. The number of nitro groups is 1. The molecule has 0 heterocycles. The topological polar surface area (TPSA) is 135 Å². The van der Waals surface area contributed by atoms with Crippen LogP contribution in [0.4, 0.5) is 0 Å². The molecule has 2 N–H and O–H groups in total. The molecule has 1 aliphatic carbocycles. The highest BCUT2D eigenvalue weighted by atomic mass is 35.5. The van der Waals surface area contributed by atoms with Gasteiger partial charge in [0.05, 0.1) is 9.83 Å². The van der Waals surface area contributed by atoms with Crippen molar-refractivity contribution in [3.05, 3.63) is 56.1 Å². The highest BCUT2D eigenvalue weighted by molar-refractivity contribution is 7.93. The monoisotopic (exact) mass is 403 g/mol. The normalized spacial score (nSPS) is 15.7. The lowest BCUT2D eigenvalue weighted by molar-refractivity contribution is -0.419. The van der Waals surface area contributed by atoms with Gasteiger partial charge >= 0.3 is 0 Å². The predicted molar refractivity (Wildman–Crippen MR) is 96.1 cm³/mol. The summed E-state index contributed by atoms with van der Waals surface area (Å²) in [6.45, 7) is 4.87. The molecule has 0 bridgehead atoms. The van der Waals surface area contributed by atoms with E-state index in [9.17, 15) is 28.1 Å². The van der Waals surface area contributed by atoms with Crippen LogP contribution >= 0.6 is 11.6 Å². The second-order valence-electron chi connectivity index (χ2n) is 5.28. The van der Waals surface area contributed by atoms with Crippen LogP contribution in [0.15, 0.2) is 46.0 Å².